The van der Waals surface area contributed by atoms with Crippen LogP contribution >= 0.6 is 0 Å². The van der Waals surface area contributed by atoms with Crippen LogP contribution in [0.15, 0.2) is 23.5 Å². The summed E-state index contributed by atoms with van der Waals surface area (Å²) in [6, 6.07) is 3.52. The Bertz CT molecular complexity index is 881. The number of ether oxygens (including phenoxy) is 2. The number of hydrogen-bond acceptors (Lipinski definition) is 6. The molecule has 0 radical (unpaired) electrons. The minimum Gasteiger partial charge on any atom is -0.609 e. The number of aromatic amines is 1. The van der Waals surface area contributed by atoms with Crippen LogP contribution in [0.3, 0.4) is 0 Å². The van der Waals surface area contributed by atoms with Crippen LogP contribution in [0.1, 0.15) is 16.8 Å². The Balaban J connectivity index is 1.88. The van der Waals surface area contributed by atoms with E-state index in [4.69, 9.17) is 9.47 Å². The highest BCUT2D eigenvalue weighted by Gasteiger charge is 2.21. The standard InChI is InChI=1S/C16H18N4O3S/c1-9-7-17-12(10(2)14(9)23-4)8-24(21)16-18-11-5-6-13(22-3)19-15(11)20-16/h5-7H,8H2,1-4H3,(H,18,19,20)/t24-/m1/s1. The Morgan fingerprint density at radius 3 is 2.67 bits per heavy atom. The van der Waals surface area contributed by atoms with Crippen molar-refractivity contribution in [3.63, 3.8) is 0 Å². The zero-order valence-electron chi connectivity index (χ0n) is 13.9. The van der Waals surface area contributed by atoms with Gasteiger partial charge in [0.25, 0.3) is 0 Å². The van der Waals surface area contributed by atoms with Gasteiger partial charge < -0.3 is 14.0 Å². The molecule has 3 rings (SSSR count). The Morgan fingerprint density at radius 2 is 1.96 bits per heavy atom. The minimum absolute atomic E-state index is 0.249. The molecule has 0 amide bonds. The Kier molecular flexibility index (Phi) is 4.59. The van der Waals surface area contributed by atoms with Gasteiger partial charge in [-0.15, -0.1) is 0 Å². The highest BCUT2D eigenvalue weighted by atomic mass is 32.2. The first-order chi connectivity index (χ1) is 11.5. The second-order valence-electron chi connectivity index (χ2n) is 5.30. The highest BCUT2D eigenvalue weighted by molar-refractivity contribution is 7.90. The summed E-state index contributed by atoms with van der Waals surface area (Å²) in [5, 5.41) is 0.367. The number of hydrogen-bond donors (Lipinski definition) is 1. The number of nitrogens with one attached hydrogen (secondary N) is 1. The number of imidazole rings is 1. The molecular formula is C16H18N4O3S. The van der Waals surface area contributed by atoms with E-state index in [2.05, 4.69) is 19.9 Å². The predicted molar refractivity (Wildman–Crippen MR) is 90.8 cm³/mol. The van der Waals surface area contributed by atoms with Crippen molar-refractivity contribution in [3.05, 3.63) is 35.2 Å². The Hall–Kier alpha value is -2.32. The molecule has 3 aromatic rings. The number of methoxy groups -OCH3 is 2. The third kappa shape index (κ3) is 3.02. The summed E-state index contributed by atoms with van der Waals surface area (Å²) in [5.74, 6) is 1.49. The maximum Gasteiger partial charge on any atom is 0.323 e. The molecule has 0 fully saturated rings. The van der Waals surface area contributed by atoms with Gasteiger partial charge in [0.1, 0.15) is 5.75 Å². The first-order valence-electron chi connectivity index (χ1n) is 7.31. The average Bonchev–Trinajstić information content (AvgIpc) is 3.01. The molecule has 1 N–H and O–H groups in total. The normalized spacial score (nSPS) is 12.4. The van der Waals surface area contributed by atoms with Crippen LogP contribution in [-0.4, -0.2) is 38.7 Å². The topological polar surface area (TPSA) is 96.0 Å². The number of fused-ring (bicyclic) bond motifs is 1. The maximum atomic E-state index is 12.7. The molecule has 126 valence electrons. The van der Waals surface area contributed by atoms with E-state index in [0.29, 0.717) is 22.2 Å². The molecule has 3 heterocycles. The summed E-state index contributed by atoms with van der Waals surface area (Å²) < 4.78 is 23.1. The van der Waals surface area contributed by atoms with Crippen molar-refractivity contribution in [2.24, 2.45) is 0 Å². The second kappa shape index (κ2) is 6.66. The van der Waals surface area contributed by atoms with Gasteiger partial charge in [-0.2, -0.15) is 9.97 Å². The highest BCUT2D eigenvalue weighted by Crippen LogP contribution is 2.26. The monoisotopic (exact) mass is 346 g/mol. The smallest absolute Gasteiger partial charge is 0.323 e. The van der Waals surface area contributed by atoms with E-state index in [1.54, 1.807) is 32.5 Å². The van der Waals surface area contributed by atoms with Gasteiger partial charge >= 0.3 is 5.16 Å². The number of H-pyrrole nitrogens is 1. The second-order valence-corrected chi connectivity index (χ2v) is 6.67. The SMILES string of the molecule is COc1ccc2[nH]c([S@+]([O-])Cc3ncc(C)c(OC)c3C)nc2n1. The van der Waals surface area contributed by atoms with Crippen molar-refractivity contribution in [2.75, 3.05) is 14.2 Å². The fraction of sp³-hybridized carbons (Fsp3) is 0.312. The van der Waals surface area contributed by atoms with Crippen molar-refractivity contribution in [3.8, 4) is 11.6 Å². The lowest BCUT2D eigenvalue weighted by Crippen LogP contribution is -2.10. The first kappa shape index (κ1) is 16.5. The zero-order valence-corrected chi connectivity index (χ0v) is 14.7. The molecule has 0 aliphatic carbocycles. The number of pyridine rings is 2. The lowest BCUT2D eigenvalue weighted by atomic mass is 10.1. The van der Waals surface area contributed by atoms with E-state index in [0.717, 1.165) is 22.6 Å². The molecule has 1 atom stereocenters. The van der Waals surface area contributed by atoms with Gasteiger partial charge in [-0.1, -0.05) is 0 Å². The largest absolute Gasteiger partial charge is 0.609 e. The van der Waals surface area contributed by atoms with Crippen LogP contribution in [0.5, 0.6) is 11.6 Å². The van der Waals surface area contributed by atoms with Crippen molar-refractivity contribution in [1.29, 1.82) is 0 Å². The molecule has 0 saturated heterocycles. The lowest BCUT2D eigenvalue weighted by molar-refractivity contribution is 0.399. The Morgan fingerprint density at radius 1 is 1.17 bits per heavy atom. The zero-order chi connectivity index (χ0) is 17.3. The molecule has 0 aromatic carbocycles. The van der Waals surface area contributed by atoms with Crippen molar-refractivity contribution in [1.82, 2.24) is 19.9 Å². The summed E-state index contributed by atoms with van der Waals surface area (Å²) in [6.07, 6.45) is 1.73. The van der Waals surface area contributed by atoms with Crippen molar-refractivity contribution in [2.45, 2.75) is 24.8 Å². The molecule has 0 aliphatic heterocycles. The first-order valence-corrected chi connectivity index (χ1v) is 8.63. The molecule has 0 saturated carbocycles. The van der Waals surface area contributed by atoms with E-state index >= 15 is 0 Å². The van der Waals surface area contributed by atoms with E-state index in [1.807, 2.05) is 13.8 Å². The predicted octanol–water partition coefficient (Wildman–Crippen LogP) is 2.29. The third-order valence-electron chi connectivity index (χ3n) is 3.74. The number of nitrogens with zero attached hydrogens (tertiary/aromatic N) is 3. The van der Waals surface area contributed by atoms with Gasteiger partial charge in [-0.25, -0.2) is 0 Å². The fourth-order valence-corrected chi connectivity index (χ4v) is 3.57. The molecule has 0 aliphatic rings. The maximum absolute atomic E-state index is 12.7. The van der Waals surface area contributed by atoms with Crippen LogP contribution in [0, 0.1) is 13.8 Å². The van der Waals surface area contributed by atoms with E-state index in [-0.39, 0.29) is 5.75 Å². The molecule has 0 bridgehead atoms. The molecular weight excluding hydrogens is 328 g/mol. The van der Waals surface area contributed by atoms with Gasteiger partial charge in [0.15, 0.2) is 11.4 Å². The Labute approximate surface area is 142 Å². The summed E-state index contributed by atoms with van der Waals surface area (Å²) in [5.41, 5.74) is 3.75. The van der Waals surface area contributed by atoms with Crippen LogP contribution in [0.2, 0.25) is 0 Å². The van der Waals surface area contributed by atoms with Crippen LogP contribution < -0.4 is 9.47 Å². The van der Waals surface area contributed by atoms with E-state index in [1.165, 1.54) is 0 Å². The summed E-state index contributed by atoms with van der Waals surface area (Å²) in [6.45, 7) is 3.84. The van der Waals surface area contributed by atoms with Gasteiger partial charge in [-0.3, -0.25) is 9.97 Å². The number of aryl methyl sites for hydroxylation is 1. The van der Waals surface area contributed by atoms with Crippen LogP contribution in [0.4, 0.5) is 0 Å². The molecule has 0 unspecified atom stereocenters. The van der Waals surface area contributed by atoms with E-state index in [9.17, 15) is 4.55 Å². The van der Waals surface area contributed by atoms with Crippen LogP contribution in [0.25, 0.3) is 11.2 Å². The summed E-state index contributed by atoms with van der Waals surface area (Å²) >= 11 is -1.37. The summed E-state index contributed by atoms with van der Waals surface area (Å²) in [7, 11) is 3.16. The molecule has 3 aromatic heterocycles. The van der Waals surface area contributed by atoms with Gasteiger partial charge in [-0.05, 0) is 19.9 Å². The van der Waals surface area contributed by atoms with Crippen molar-refractivity contribution >= 4 is 22.3 Å². The summed E-state index contributed by atoms with van der Waals surface area (Å²) in [4.78, 5) is 15.9. The van der Waals surface area contributed by atoms with Gasteiger partial charge in [0.05, 0.1) is 25.4 Å². The van der Waals surface area contributed by atoms with Gasteiger partial charge in [0, 0.05) is 34.6 Å². The van der Waals surface area contributed by atoms with Gasteiger partial charge in [0.2, 0.25) is 5.88 Å². The van der Waals surface area contributed by atoms with E-state index < -0.39 is 11.2 Å². The molecule has 0 spiro atoms. The van der Waals surface area contributed by atoms with Crippen LogP contribution in [-0.2, 0) is 16.9 Å². The molecule has 7 nitrogen and oxygen atoms in total. The lowest BCUT2D eigenvalue weighted by Gasteiger charge is -2.13. The fourth-order valence-electron chi connectivity index (χ4n) is 2.48. The number of aromatic nitrogens is 4. The quantitative estimate of drug-likeness (QED) is 0.712. The minimum atomic E-state index is -1.37. The average molecular weight is 346 g/mol. The number of rotatable bonds is 5. The van der Waals surface area contributed by atoms with Crippen molar-refractivity contribution < 1.29 is 14.0 Å². The third-order valence-corrected chi connectivity index (χ3v) is 4.90. The molecule has 24 heavy (non-hydrogen) atoms. The molecule has 8 heteroatoms.